The number of aromatic hydroxyl groups is 3. The second-order valence-electron chi connectivity index (χ2n) is 5.53. The van der Waals surface area contributed by atoms with Crippen molar-refractivity contribution < 1.29 is 30.3 Å². The zero-order chi connectivity index (χ0) is 15.9. The lowest BCUT2D eigenvalue weighted by molar-refractivity contribution is -0.0472. The molecule has 116 valence electrons. The average Bonchev–Trinajstić information content (AvgIpc) is 2.48. The van der Waals surface area contributed by atoms with E-state index in [0.717, 1.165) is 0 Å². The van der Waals surface area contributed by atoms with E-state index in [1.54, 1.807) is 6.07 Å². The van der Waals surface area contributed by atoms with Gasteiger partial charge >= 0.3 is 0 Å². The molecule has 1 heterocycles. The molecule has 0 aromatic heterocycles. The van der Waals surface area contributed by atoms with Crippen LogP contribution in [0.1, 0.15) is 5.56 Å². The molecule has 0 fully saturated rings. The monoisotopic (exact) mass is 304 g/mol. The number of rotatable bonds is 1. The molecule has 0 radical (unpaired) electrons. The van der Waals surface area contributed by atoms with Gasteiger partial charge in [-0.05, 0) is 35.4 Å². The maximum atomic E-state index is 10.4. The van der Waals surface area contributed by atoms with Gasteiger partial charge in [0.15, 0.2) is 11.5 Å². The van der Waals surface area contributed by atoms with Crippen LogP contribution in [0.3, 0.4) is 0 Å². The molecular formula is C16H16O6. The summed E-state index contributed by atoms with van der Waals surface area (Å²) < 4.78 is 5.53. The molecule has 0 spiro atoms. The van der Waals surface area contributed by atoms with E-state index in [1.165, 1.54) is 24.3 Å². The van der Waals surface area contributed by atoms with E-state index < -0.39 is 12.2 Å². The van der Waals surface area contributed by atoms with Gasteiger partial charge in [-0.25, -0.2) is 0 Å². The van der Waals surface area contributed by atoms with Crippen molar-refractivity contribution in [2.45, 2.75) is 12.0 Å². The smallest absolute Gasteiger partial charge is 0.158 e. The summed E-state index contributed by atoms with van der Waals surface area (Å²) in [4.78, 5) is 0. The fraction of sp³-hybridized carbons (Fsp3) is 0.250. The first-order valence-corrected chi connectivity index (χ1v) is 6.76. The van der Waals surface area contributed by atoms with E-state index in [2.05, 4.69) is 0 Å². The Morgan fingerprint density at radius 3 is 2.45 bits per heavy atom. The highest BCUT2D eigenvalue weighted by molar-refractivity contribution is 5.77. The molecule has 0 saturated carbocycles. The first-order chi connectivity index (χ1) is 10.4. The number of aliphatic hydroxyl groups is 2. The lowest BCUT2D eigenvalue weighted by Gasteiger charge is -2.30. The summed E-state index contributed by atoms with van der Waals surface area (Å²) >= 11 is 0. The number of phenols is 3. The van der Waals surface area contributed by atoms with Gasteiger partial charge in [-0.2, -0.15) is 0 Å². The second-order valence-corrected chi connectivity index (χ2v) is 5.53. The largest absolute Gasteiger partial charge is 0.508 e. The topological polar surface area (TPSA) is 110 Å². The van der Waals surface area contributed by atoms with Crippen molar-refractivity contribution in [3.63, 3.8) is 0 Å². The number of phenolic OH excluding ortho intramolecular Hbond substituents is 3. The summed E-state index contributed by atoms with van der Waals surface area (Å²) in [6.07, 6.45) is 0.0486. The molecule has 6 heteroatoms. The maximum absolute atomic E-state index is 10.4. The van der Waals surface area contributed by atoms with E-state index >= 15 is 0 Å². The van der Waals surface area contributed by atoms with Crippen molar-refractivity contribution >= 4 is 0 Å². The van der Waals surface area contributed by atoms with Gasteiger partial charge in [-0.15, -0.1) is 0 Å². The van der Waals surface area contributed by atoms with Crippen molar-refractivity contribution in [3.8, 4) is 34.1 Å². The number of fused-ring (bicyclic) bond motifs is 3. The number of benzene rings is 2. The SMILES string of the molecule is OCC1(O)COc2cc(O)ccc2-c2cc(O)c(O)cc2C1. The highest BCUT2D eigenvalue weighted by Crippen LogP contribution is 2.42. The summed E-state index contributed by atoms with van der Waals surface area (Å²) in [5, 5.41) is 48.9. The van der Waals surface area contributed by atoms with Gasteiger partial charge in [0.05, 0.1) is 6.61 Å². The predicted octanol–water partition coefficient (Wildman–Crippen LogP) is 1.13. The quantitative estimate of drug-likeness (QED) is 0.505. The zero-order valence-corrected chi connectivity index (χ0v) is 11.7. The molecule has 0 amide bonds. The second kappa shape index (κ2) is 5.08. The van der Waals surface area contributed by atoms with Gasteiger partial charge < -0.3 is 30.3 Å². The summed E-state index contributed by atoms with van der Waals surface area (Å²) in [7, 11) is 0. The molecule has 1 aliphatic heterocycles. The third kappa shape index (κ3) is 2.43. The lowest BCUT2D eigenvalue weighted by Crippen LogP contribution is -2.42. The van der Waals surface area contributed by atoms with Crippen LogP contribution >= 0.6 is 0 Å². The molecule has 0 saturated heterocycles. The molecule has 0 bridgehead atoms. The molecule has 5 N–H and O–H groups in total. The summed E-state index contributed by atoms with van der Waals surface area (Å²) in [5.74, 6) is -0.291. The minimum Gasteiger partial charge on any atom is -0.508 e. The van der Waals surface area contributed by atoms with Gasteiger partial charge in [-0.3, -0.25) is 0 Å². The fourth-order valence-corrected chi connectivity index (χ4v) is 2.59. The molecule has 1 unspecified atom stereocenters. The maximum Gasteiger partial charge on any atom is 0.158 e. The van der Waals surface area contributed by atoms with E-state index in [-0.39, 0.29) is 30.3 Å². The van der Waals surface area contributed by atoms with Crippen molar-refractivity contribution in [1.29, 1.82) is 0 Å². The molecule has 2 aromatic carbocycles. The first-order valence-electron chi connectivity index (χ1n) is 6.76. The molecule has 22 heavy (non-hydrogen) atoms. The minimum atomic E-state index is -1.53. The van der Waals surface area contributed by atoms with Crippen molar-refractivity contribution in [2.24, 2.45) is 0 Å². The van der Waals surface area contributed by atoms with E-state index in [4.69, 9.17) is 4.74 Å². The Morgan fingerprint density at radius 2 is 1.73 bits per heavy atom. The predicted molar refractivity (Wildman–Crippen MR) is 78.1 cm³/mol. The molecule has 3 rings (SSSR count). The number of aliphatic hydroxyl groups excluding tert-OH is 1. The Labute approximate surface area is 126 Å². The van der Waals surface area contributed by atoms with Crippen molar-refractivity contribution in [3.05, 3.63) is 35.9 Å². The van der Waals surface area contributed by atoms with Gasteiger partial charge in [0.2, 0.25) is 0 Å². The van der Waals surface area contributed by atoms with Crippen LogP contribution in [0, 0.1) is 0 Å². The normalized spacial score (nSPS) is 20.3. The van der Waals surface area contributed by atoms with Crippen LogP contribution in [0.2, 0.25) is 0 Å². The van der Waals surface area contributed by atoms with Crippen LogP contribution in [0.25, 0.3) is 11.1 Å². The van der Waals surface area contributed by atoms with E-state index in [9.17, 15) is 25.5 Å². The Hall–Kier alpha value is -2.44. The zero-order valence-electron chi connectivity index (χ0n) is 11.7. The van der Waals surface area contributed by atoms with Crippen molar-refractivity contribution in [1.82, 2.24) is 0 Å². The van der Waals surface area contributed by atoms with Crippen molar-refractivity contribution in [2.75, 3.05) is 13.2 Å². The Kier molecular flexibility index (Phi) is 3.35. The van der Waals surface area contributed by atoms with Crippen LogP contribution in [0.15, 0.2) is 30.3 Å². The third-order valence-electron chi connectivity index (χ3n) is 3.77. The molecule has 1 atom stereocenters. The molecule has 2 aromatic rings. The van der Waals surface area contributed by atoms with E-state index in [0.29, 0.717) is 22.4 Å². The highest BCUT2D eigenvalue weighted by atomic mass is 16.5. The van der Waals surface area contributed by atoms with Gasteiger partial charge in [-0.1, -0.05) is 0 Å². The fourth-order valence-electron chi connectivity index (χ4n) is 2.59. The summed E-state index contributed by atoms with van der Waals surface area (Å²) in [6.45, 7) is -0.691. The molecule has 0 aliphatic carbocycles. The Balaban J connectivity index is 2.25. The summed E-state index contributed by atoms with van der Waals surface area (Å²) in [6, 6.07) is 7.23. The highest BCUT2D eigenvalue weighted by Gasteiger charge is 2.32. The number of hydrogen-bond acceptors (Lipinski definition) is 6. The Bertz CT molecular complexity index is 727. The number of ether oxygens (including phenoxy) is 1. The van der Waals surface area contributed by atoms with E-state index in [1.807, 2.05) is 0 Å². The first kappa shape index (κ1) is 14.5. The molecular weight excluding hydrogens is 288 g/mol. The van der Waals surface area contributed by atoms with Gasteiger partial charge in [0, 0.05) is 18.1 Å². The third-order valence-corrected chi connectivity index (χ3v) is 3.77. The average molecular weight is 304 g/mol. The van der Waals surface area contributed by atoms with Gasteiger partial charge in [0.25, 0.3) is 0 Å². The van der Waals surface area contributed by atoms with Crippen LogP contribution in [0.5, 0.6) is 23.0 Å². The summed E-state index contributed by atoms with van der Waals surface area (Å²) in [5.41, 5.74) is 0.198. The standard InChI is InChI=1S/C16H16O6/c17-7-16(21)6-9-3-13(19)14(20)5-12(9)11-2-1-10(18)4-15(11)22-8-16/h1-5,17-21H,6-8H2. The van der Waals surface area contributed by atoms with Gasteiger partial charge in [0.1, 0.15) is 23.7 Å². The minimum absolute atomic E-state index is 0.00332. The van der Waals surface area contributed by atoms with Crippen LogP contribution < -0.4 is 4.74 Å². The van der Waals surface area contributed by atoms with Crippen LogP contribution in [-0.2, 0) is 6.42 Å². The van der Waals surface area contributed by atoms with Crippen LogP contribution in [0.4, 0.5) is 0 Å². The molecule has 1 aliphatic rings. The number of hydrogen-bond donors (Lipinski definition) is 5. The van der Waals surface area contributed by atoms with Crippen LogP contribution in [-0.4, -0.2) is 44.3 Å². The lowest BCUT2D eigenvalue weighted by atomic mass is 9.88. The Morgan fingerprint density at radius 1 is 1.00 bits per heavy atom. The molecule has 6 nitrogen and oxygen atoms in total.